The number of aryl methyl sites for hydroxylation is 2. The van der Waals surface area contributed by atoms with Crippen molar-refractivity contribution < 1.29 is 17.9 Å². The Hall–Kier alpha value is -2.45. The summed E-state index contributed by atoms with van der Waals surface area (Å²) in [5.41, 5.74) is 2.40. The maximum Gasteiger partial charge on any atom is 0.255 e. The zero-order chi connectivity index (χ0) is 20.3. The van der Waals surface area contributed by atoms with Crippen molar-refractivity contribution >= 4 is 15.9 Å². The van der Waals surface area contributed by atoms with Crippen LogP contribution in [0.15, 0.2) is 41.6 Å². The second-order valence-corrected chi connectivity index (χ2v) is 8.70. The Morgan fingerprint density at radius 2 is 1.89 bits per heavy atom. The van der Waals surface area contributed by atoms with Gasteiger partial charge >= 0.3 is 0 Å². The quantitative estimate of drug-likeness (QED) is 0.827. The van der Waals surface area contributed by atoms with E-state index >= 15 is 0 Å². The van der Waals surface area contributed by atoms with Gasteiger partial charge in [0.15, 0.2) is 0 Å². The normalized spacial score (nSPS) is 15.5. The molecule has 0 bridgehead atoms. The first-order valence-electron chi connectivity index (χ1n) is 9.18. The number of hydrogen-bond acceptors (Lipinski definition) is 5. The fourth-order valence-electron chi connectivity index (χ4n) is 3.29. The number of hydrogen-bond donors (Lipinski definition) is 1. The molecule has 7 nitrogen and oxygen atoms in total. The average molecular weight is 404 g/mol. The fourth-order valence-corrected chi connectivity index (χ4v) is 4.83. The van der Waals surface area contributed by atoms with Crippen molar-refractivity contribution in [2.24, 2.45) is 0 Å². The Labute approximate surface area is 165 Å². The van der Waals surface area contributed by atoms with Gasteiger partial charge in [0.05, 0.1) is 12.7 Å². The Kier molecular flexibility index (Phi) is 6.00. The minimum absolute atomic E-state index is 0.0785. The zero-order valence-electron chi connectivity index (χ0n) is 16.3. The van der Waals surface area contributed by atoms with Gasteiger partial charge in [0.1, 0.15) is 10.6 Å². The first kappa shape index (κ1) is 20.3. The number of pyridine rings is 1. The van der Waals surface area contributed by atoms with Crippen LogP contribution in [-0.2, 0) is 10.0 Å². The number of amides is 1. The van der Waals surface area contributed by atoms with E-state index in [9.17, 15) is 13.2 Å². The van der Waals surface area contributed by atoms with Crippen molar-refractivity contribution in [3.05, 3.63) is 53.3 Å². The van der Waals surface area contributed by atoms with E-state index in [1.165, 1.54) is 7.11 Å². The van der Waals surface area contributed by atoms with Gasteiger partial charge in [0.25, 0.3) is 5.91 Å². The molecule has 0 unspecified atom stereocenters. The van der Waals surface area contributed by atoms with Gasteiger partial charge in [-0.25, -0.2) is 13.1 Å². The Balaban J connectivity index is 1.67. The summed E-state index contributed by atoms with van der Waals surface area (Å²) in [5.74, 6) is 0.255. The number of aromatic nitrogens is 1. The molecule has 0 spiro atoms. The van der Waals surface area contributed by atoms with Gasteiger partial charge in [0, 0.05) is 31.5 Å². The average Bonchev–Trinajstić information content (AvgIpc) is 2.70. The SMILES string of the molecule is COc1cc(C)c(C)cc1S(=O)(=O)NC1CCN(C(=O)c2cccnc2)CC1. The van der Waals surface area contributed by atoms with Crippen LogP contribution in [-0.4, -0.2) is 50.5 Å². The van der Waals surface area contributed by atoms with Crippen molar-refractivity contribution in [1.29, 1.82) is 0 Å². The van der Waals surface area contributed by atoms with Crippen LogP contribution in [0.2, 0.25) is 0 Å². The molecule has 0 atom stereocenters. The third-order valence-corrected chi connectivity index (χ3v) is 6.62. The number of ether oxygens (including phenoxy) is 1. The molecular weight excluding hydrogens is 378 g/mol. The standard InChI is InChI=1S/C20H25N3O4S/c1-14-11-18(27-3)19(12-15(14)2)28(25,26)22-17-6-9-23(10-7-17)20(24)16-5-4-8-21-13-16/h4-5,8,11-13,17,22H,6-7,9-10H2,1-3H3. The number of carbonyl (C=O) groups excluding carboxylic acids is 1. The third kappa shape index (κ3) is 4.34. The molecule has 1 saturated heterocycles. The van der Waals surface area contributed by atoms with Crippen LogP contribution in [0.1, 0.15) is 34.3 Å². The highest BCUT2D eigenvalue weighted by Gasteiger charge is 2.29. The van der Waals surface area contributed by atoms with Gasteiger partial charge in [-0.15, -0.1) is 0 Å². The summed E-state index contributed by atoms with van der Waals surface area (Å²) < 4.78 is 33.9. The lowest BCUT2D eigenvalue weighted by Crippen LogP contribution is -2.46. The Morgan fingerprint density at radius 1 is 1.21 bits per heavy atom. The van der Waals surface area contributed by atoms with E-state index in [1.807, 2.05) is 13.8 Å². The van der Waals surface area contributed by atoms with Gasteiger partial charge < -0.3 is 9.64 Å². The van der Waals surface area contributed by atoms with Crippen molar-refractivity contribution in [1.82, 2.24) is 14.6 Å². The predicted octanol–water partition coefficient (Wildman–Crippen LogP) is 2.29. The van der Waals surface area contributed by atoms with E-state index in [2.05, 4.69) is 9.71 Å². The van der Waals surface area contributed by atoms with Crippen LogP contribution >= 0.6 is 0 Å². The maximum atomic E-state index is 12.9. The van der Waals surface area contributed by atoms with Crippen LogP contribution in [0.5, 0.6) is 5.75 Å². The highest BCUT2D eigenvalue weighted by Crippen LogP contribution is 2.28. The van der Waals surface area contributed by atoms with Crippen LogP contribution in [0.4, 0.5) is 0 Å². The van der Waals surface area contributed by atoms with Gasteiger partial charge in [0.2, 0.25) is 10.0 Å². The fraction of sp³-hybridized carbons (Fsp3) is 0.400. The molecule has 1 fully saturated rings. The Bertz CT molecular complexity index is 953. The molecular formula is C20H25N3O4S. The summed E-state index contributed by atoms with van der Waals surface area (Å²) in [6.45, 7) is 4.77. The number of sulfonamides is 1. The second-order valence-electron chi connectivity index (χ2n) is 7.02. The molecule has 3 rings (SSSR count). The monoisotopic (exact) mass is 403 g/mol. The summed E-state index contributed by atoms with van der Waals surface area (Å²) in [7, 11) is -2.26. The predicted molar refractivity (Wildman–Crippen MR) is 106 cm³/mol. The number of carbonyl (C=O) groups is 1. The maximum absolute atomic E-state index is 12.9. The van der Waals surface area contributed by atoms with E-state index in [0.717, 1.165) is 11.1 Å². The molecule has 1 N–H and O–H groups in total. The summed E-state index contributed by atoms with van der Waals surface area (Å²) in [6.07, 6.45) is 4.28. The Morgan fingerprint density at radius 3 is 2.50 bits per heavy atom. The van der Waals surface area contributed by atoms with Crippen molar-refractivity contribution in [2.75, 3.05) is 20.2 Å². The second kappa shape index (κ2) is 8.28. The third-order valence-electron chi connectivity index (χ3n) is 5.08. The first-order valence-corrected chi connectivity index (χ1v) is 10.7. The van der Waals surface area contributed by atoms with Crippen LogP contribution < -0.4 is 9.46 Å². The van der Waals surface area contributed by atoms with Gasteiger partial charge in [-0.05, 0) is 62.1 Å². The molecule has 0 aliphatic carbocycles. The molecule has 2 aromatic rings. The molecule has 2 heterocycles. The smallest absolute Gasteiger partial charge is 0.255 e. The van der Waals surface area contributed by atoms with E-state index in [4.69, 9.17) is 4.74 Å². The minimum atomic E-state index is -3.72. The highest BCUT2D eigenvalue weighted by atomic mass is 32.2. The zero-order valence-corrected chi connectivity index (χ0v) is 17.1. The lowest BCUT2D eigenvalue weighted by molar-refractivity contribution is 0.0711. The molecule has 0 radical (unpaired) electrons. The number of nitrogens with one attached hydrogen (secondary N) is 1. The molecule has 28 heavy (non-hydrogen) atoms. The molecule has 1 aromatic carbocycles. The number of piperidine rings is 1. The number of likely N-dealkylation sites (tertiary alicyclic amines) is 1. The largest absolute Gasteiger partial charge is 0.495 e. The molecule has 8 heteroatoms. The van der Waals surface area contributed by atoms with Gasteiger partial charge in [-0.3, -0.25) is 9.78 Å². The molecule has 0 saturated carbocycles. The summed E-state index contributed by atoms with van der Waals surface area (Å²) in [6, 6.07) is 6.60. The van der Waals surface area contributed by atoms with Crippen LogP contribution in [0, 0.1) is 13.8 Å². The van der Waals surface area contributed by atoms with E-state index in [-0.39, 0.29) is 16.8 Å². The number of benzene rings is 1. The van der Waals surface area contributed by atoms with Gasteiger partial charge in [-0.1, -0.05) is 0 Å². The lowest BCUT2D eigenvalue weighted by Gasteiger charge is -2.32. The summed E-state index contributed by atoms with van der Waals surface area (Å²) in [4.78, 5) is 18.4. The van der Waals surface area contributed by atoms with Crippen molar-refractivity contribution in [2.45, 2.75) is 37.6 Å². The first-order chi connectivity index (χ1) is 13.3. The minimum Gasteiger partial charge on any atom is -0.495 e. The summed E-state index contributed by atoms with van der Waals surface area (Å²) in [5, 5.41) is 0. The van der Waals surface area contributed by atoms with Crippen LogP contribution in [0.25, 0.3) is 0 Å². The van der Waals surface area contributed by atoms with Crippen molar-refractivity contribution in [3.8, 4) is 5.75 Å². The van der Waals surface area contributed by atoms with Crippen molar-refractivity contribution in [3.63, 3.8) is 0 Å². The number of rotatable bonds is 5. The van der Waals surface area contributed by atoms with E-state index in [1.54, 1.807) is 41.6 Å². The number of methoxy groups -OCH3 is 1. The van der Waals surface area contributed by atoms with Crippen LogP contribution in [0.3, 0.4) is 0 Å². The molecule has 150 valence electrons. The molecule has 1 aliphatic rings. The van der Waals surface area contributed by atoms with Gasteiger partial charge in [-0.2, -0.15) is 0 Å². The topological polar surface area (TPSA) is 88.6 Å². The number of nitrogens with zero attached hydrogens (tertiary/aromatic N) is 2. The molecule has 1 aromatic heterocycles. The van der Waals surface area contributed by atoms with E-state index < -0.39 is 10.0 Å². The highest BCUT2D eigenvalue weighted by molar-refractivity contribution is 7.89. The van der Waals surface area contributed by atoms with E-state index in [0.29, 0.717) is 37.2 Å². The molecule has 1 aliphatic heterocycles. The molecule has 1 amide bonds. The lowest BCUT2D eigenvalue weighted by atomic mass is 10.1. The summed E-state index contributed by atoms with van der Waals surface area (Å²) >= 11 is 0.